The number of carbonyl (C=O) groups is 1. The van der Waals surface area contributed by atoms with E-state index in [2.05, 4.69) is 5.32 Å². The van der Waals surface area contributed by atoms with Crippen LogP contribution in [0.2, 0.25) is 0 Å². The van der Waals surface area contributed by atoms with Gasteiger partial charge < -0.3 is 14.8 Å². The quantitative estimate of drug-likeness (QED) is 0.847. The summed E-state index contributed by atoms with van der Waals surface area (Å²) in [5.74, 6) is 0.786. The zero-order chi connectivity index (χ0) is 19.7. The first-order valence-electron chi connectivity index (χ1n) is 9.25. The smallest absolute Gasteiger partial charge is 0.243 e. The number of ether oxygens (including phenoxy) is 2. The minimum atomic E-state index is -3.54. The number of rotatable bonds is 4. The molecular weight excluding hydrogens is 380 g/mol. The van der Waals surface area contributed by atoms with E-state index in [1.165, 1.54) is 4.31 Å². The fourth-order valence-corrected chi connectivity index (χ4v) is 4.75. The van der Waals surface area contributed by atoms with E-state index >= 15 is 0 Å². The third kappa shape index (κ3) is 3.57. The predicted molar refractivity (Wildman–Crippen MR) is 105 cm³/mol. The molecule has 0 aromatic heterocycles. The van der Waals surface area contributed by atoms with Crippen molar-refractivity contribution in [1.82, 2.24) is 4.31 Å². The maximum atomic E-state index is 13.0. The summed E-state index contributed by atoms with van der Waals surface area (Å²) in [5, 5.41) is 2.84. The van der Waals surface area contributed by atoms with Crippen LogP contribution in [0.4, 0.5) is 5.69 Å². The van der Waals surface area contributed by atoms with Crippen molar-refractivity contribution in [2.45, 2.75) is 25.9 Å². The fourth-order valence-electron chi connectivity index (χ4n) is 3.53. The van der Waals surface area contributed by atoms with E-state index in [9.17, 15) is 13.2 Å². The lowest BCUT2D eigenvalue weighted by molar-refractivity contribution is -0.120. The van der Waals surface area contributed by atoms with Crippen molar-refractivity contribution in [2.24, 2.45) is 0 Å². The van der Waals surface area contributed by atoms with Gasteiger partial charge in [0, 0.05) is 18.3 Å². The molecule has 28 heavy (non-hydrogen) atoms. The standard InChI is InChI=1S/C20H22N2O5S/c1-2-28(24,25)22-13-15-6-4-3-5-14(15)11-17(22)20(23)21-16-7-8-18-19(12-16)27-10-9-26-18/h3-8,12,17H,2,9-11,13H2,1H3,(H,21,23)/t17-/m1/s1. The lowest BCUT2D eigenvalue weighted by Gasteiger charge is -2.34. The highest BCUT2D eigenvalue weighted by molar-refractivity contribution is 7.89. The van der Waals surface area contributed by atoms with Crippen LogP contribution in [0, 0.1) is 0 Å². The van der Waals surface area contributed by atoms with Crippen LogP contribution in [0.15, 0.2) is 42.5 Å². The molecule has 148 valence electrons. The van der Waals surface area contributed by atoms with Gasteiger partial charge in [0.05, 0.1) is 5.75 Å². The second kappa shape index (κ2) is 7.44. The third-order valence-corrected chi connectivity index (χ3v) is 6.87. The Kier molecular flexibility index (Phi) is 4.99. The van der Waals surface area contributed by atoms with E-state index in [4.69, 9.17) is 9.47 Å². The van der Waals surface area contributed by atoms with Gasteiger partial charge in [0.25, 0.3) is 0 Å². The third-order valence-electron chi connectivity index (χ3n) is 5.04. The molecule has 2 aliphatic rings. The summed E-state index contributed by atoms with van der Waals surface area (Å²) in [6.07, 6.45) is 0.339. The summed E-state index contributed by atoms with van der Waals surface area (Å²) in [6.45, 7) is 2.73. The van der Waals surface area contributed by atoms with Crippen LogP contribution in [0.3, 0.4) is 0 Å². The molecular formula is C20H22N2O5S. The van der Waals surface area contributed by atoms with Crippen molar-refractivity contribution >= 4 is 21.6 Å². The molecule has 1 atom stereocenters. The fraction of sp³-hybridized carbons (Fsp3) is 0.350. The first-order chi connectivity index (χ1) is 13.5. The Bertz CT molecular complexity index is 1010. The molecule has 0 bridgehead atoms. The summed E-state index contributed by atoms with van der Waals surface area (Å²) in [6, 6.07) is 12.0. The number of hydrogen-bond acceptors (Lipinski definition) is 5. The van der Waals surface area contributed by atoms with Gasteiger partial charge >= 0.3 is 0 Å². The van der Waals surface area contributed by atoms with Gasteiger partial charge in [-0.25, -0.2) is 8.42 Å². The average molecular weight is 402 g/mol. The SMILES string of the molecule is CCS(=O)(=O)N1Cc2ccccc2C[C@@H]1C(=O)Nc1ccc2c(c1)OCCO2. The summed E-state index contributed by atoms with van der Waals surface area (Å²) >= 11 is 0. The van der Waals surface area contributed by atoms with Crippen LogP contribution in [0.1, 0.15) is 18.1 Å². The van der Waals surface area contributed by atoms with Crippen LogP contribution in [0.5, 0.6) is 11.5 Å². The summed E-state index contributed by atoms with van der Waals surface area (Å²) in [7, 11) is -3.54. The normalized spacial score (nSPS) is 19.0. The molecule has 0 saturated carbocycles. The first kappa shape index (κ1) is 18.8. The van der Waals surface area contributed by atoms with Crippen molar-refractivity contribution in [1.29, 1.82) is 0 Å². The number of hydrogen-bond donors (Lipinski definition) is 1. The molecule has 0 saturated heterocycles. The first-order valence-corrected chi connectivity index (χ1v) is 10.9. The number of sulfonamides is 1. The molecule has 0 unspecified atom stereocenters. The molecule has 8 heteroatoms. The van der Waals surface area contributed by atoms with Crippen molar-refractivity contribution in [2.75, 3.05) is 24.3 Å². The van der Waals surface area contributed by atoms with Gasteiger partial charge in [0.2, 0.25) is 15.9 Å². The van der Waals surface area contributed by atoms with Crippen LogP contribution in [0.25, 0.3) is 0 Å². The maximum Gasteiger partial charge on any atom is 0.243 e. The van der Waals surface area contributed by atoms with E-state index in [1.54, 1.807) is 25.1 Å². The van der Waals surface area contributed by atoms with Crippen molar-refractivity contribution < 1.29 is 22.7 Å². The lowest BCUT2D eigenvalue weighted by Crippen LogP contribution is -2.51. The molecule has 0 radical (unpaired) electrons. The maximum absolute atomic E-state index is 13.0. The monoisotopic (exact) mass is 402 g/mol. The topological polar surface area (TPSA) is 84.9 Å². The number of amides is 1. The minimum absolute atomic E-state index is 0.0526. The molecule has 1 amide bonds. The Hall–Kier alpha value is -2.58. The van der Waals surface area contributed by atoms with Gasteiger partial charge in [-0.15, -0.1) is 0 Å². The summed E-state index contributed by atoms with van der Waals surface area (Å²) < 4.78 is 37.6. The highest BCUT2D eigenvalue weighted by Gasteiger charge is 2.38. The number of fused-ring (bicyclic) bond motifs is 2. The Morgan fingerprint density at radius 1 is 1.11 bits per heavy atom. The highest BCUT2D eigenvalue weighted by Crippen LogP contribution is 2.33. The number of nitrogens with zero attached hydrogens (tertiary/aromatic N) is 1. The van der Waals surface area contributed by atoms with Crippen LogP contribution in [-0.4, -0.2) is 43.6 Å². The summed E-state index contributed by atoms with van der Waals surface area (Å²) in [5.41, 5.74) is 2.47. The van der Waals surface area contributed by atoms with E-state index in [1.807, 2.05) is 24.3 Å². The Morgan fingerprint density at radius 3 is 2.57 bits per heavy atom. The molecule has 0 fully saturated rings. The Balaban J connectivity index is 1.61. The molecule has 2 aliphatic heterocycles. The van der Waals surface area contributed by atoms with Gasteiger partial charge in [0.15, 0.2) is 11.5 Å². The Labute approximate surface area is 164 Å². The van der Waals surface area contributed by atoms with E-state index in [0.29, 0.717) is 36.8 Å². The molecule has 7 nitrogen and oxygen atoms in total. The Morgan fingerprint density at radius 2 is 1.82 bits per heavy atom. The number of benzene rings is 2. The zero-order valence-electron chi connectivity index (χ0n) is 15.6. The predicted octanol–water partition coefficient (Wildman–Crippen LogP) is 2.17. The zero-order valence-corrected chi connectivity index (χ0v) is 16.4. The molecule has 1 N–H and O–H groups in total. The molecule has 2 aromatic carbocycles. The number of nitrogens with one attached hydrogen (secondary N) is 1. The van der Waals surface area contributed by atoms with Gasteiger partial charge in [-0.1, -0.05) is 24.3 Å². The van der Waals surface area contributed by atoms with Crippen LogP contribution in [-0.2, 0) is 27.8 Å². The van der Waals surface area contributed by atoms with E-state index in [-0.39, 0.29) is 18.2 Å². The van der Waals surface area contributed by atoms with Gasteiger partial charge in [-0.3, -0.25) is 4.79 Å². The van der Waals surface area contributed by atoms with Crippen LogP contribution >= 0.6 is 0 Å². The van der Waals surface area contributed by atoms with Gasteiger partial charge in [0.1, 0.15) is 19.3 Å². The lowest BCUT2D eigenvalue weighted by atomic mass is 9.95. The number of anilines is 1. The van der Waals surface area contributed by atoms with E-state index in [0.717, 1.165) is 11.1 Å². The molecule has 4 rings (SSSR count). The molecule has 0 aliphatic carbocycles. The average Bonchev–Trinajstić information content (AvgIpc) is 2.72. The van der Waals surface area contributed by atoms with E-state index < -0.39 is 16.1 Å². The summed E-state index contributed by atoms with van der Waals surface area (Å²) in [4.78, 5) is 13.0. The van der Waals surface area contributed by atoms with Gasteiger partial charge in [-0.05, 0) is 36.6 Å². The van der Waals surface area contributed by atoms with Crippen LogP contribution < -0.4 is 14.8 Å². The second-order valence-corrected chi connectivity index (χ2v) is 8.99. The number of carbonyl (C=O) groups excluding carboxylic acids is 1. The largest absolute Gasteiger partial charge is 0.486 e. The molecule has 2 heterocycles. The van der Waals surface area contributed by atoms with Crippen molar-refractivity contribution in [3.8, 4) is 11.5 Å². The van der Waals surface area contributed by atoms with Crippen molar-refractivity contribution in [3.05, 3.63) is 53.6 Å². The second-order valence-electron chi connectivity index (χ2n) is 6.78. The van der Waals surface area contributed by atoms with Crippen molar-refractivity contribution in [3.63, 3.8) is 0 Å². The molecule has 2 aromatic rings. The molecule has 0 spiro atoms. The highest BCUT2D eigenvalue weighted by atomic mass is 32.2. The minimum Gasteiger partial charge on any atom is -0.486 e. The van der Waals surface area contributed by atoms with Gasteiger partial charge in [-0.2, -0.15) is 4.31 Å².